The Morgan fingerprint density at radius 1 is 0.436 bits per heavy atom. The van der Waals surface area contributed by atoms with Gasteiger partial charge in [0.15, 0.2) is 17.5 Å². The molecule has 0 bridgehead atoms. The van der Waals surface area contributed by atoms with E-state index in [1.807, 2.05) is 97.1 Å². The van der Waals surface area contributed by atoms with Crippen molar-refractivity contribution in [2.45, 2.75) is 0 Å². The normalized spacial score (nSPS) is 10.7. The molecule has 1 aromatic heterocycles. The van der Waals surface area contributed by atoms with Gasteiger partial charge in [-0.05, 0) is 58.7 Å². The first-order valence-corrected chi connectivity index (χ1v) is 13.2. The van der Waals surface area contributed by atoms with Gasteiger partial charge in [0.1, 0.15) is 0 Å². The molecule has 6 rings (SSSR count). The summed E-state index contributed by atoms with van der Waals surface area (Å²) in [6, 6.07) is 44.3. The summed E-state index contributed by atoms with van der Waals surface area (Å²) in [5.74, 6) is 1.88. The summed E-state index contributed by atoms with van der Waals surface area (Å²) in [7, 11) is 0. The van der Waals surface area contributed by atoms with Crippen molar-refractivity contribution in [3.05, 3.63) is 137 Å². The fourth-order valence-corrected chi connectivity index (χ4v) is 4.96. The smallest absolute Gasteiger partial charge is 0.164 e. The highest BCUT2D eigenvalue weighted by Crippen LogP contribution is 2.33. The second kappa shape index (κ2) is 10.8. The molecule has 0 aliphatic heterocycles. The third-order valence-corrected chi connectivity index (χ3v) is 6.83. The molecule has 0 spiro atoms. The van der Waals surface area contributed by atoms with Crippen LogP contribution >= 0.6 is 15.9 Å². The third kappa shape index (κ3) is 5.38. The van der Waals surface area contributed by atoms with Crippen molar-refractivity contribution in [1.82, 2.24) is 15.0 Å². The standard InChI is InChI=1S/C34H21BrN4/c35-31-20-29(26-14-7-9-23(17-26)22-36)19-30(21-31)27-15-8-16-28(18-27)34-38-32(24-10-3-1-4-11-24)37-33(39-34)25-12-5-2-6-13-25/h1-21H. The largest absolute Gasteiger partial charge is 0.208 e. The van der Waals surface area contributed by atoms with E-state index in [0.29, 0.717) is 23.0 Å². The van der Waals surface area contributed by atoms with E-state index in [9.17, 15) is 5.26 Å². The lowest BCUT2D eigenvalue weighted by molar-refractivity contribution is 1.07. The summed E-state index contributed by atoms with van der Waals surface area (Å²) in [6.07, 6.45) is 0. The Morgan fingerprint density at radius 2 is 0.872 bits per heavy atom. The quantitative estimate of drug-likeness (QED) is 0.210. The molecule has 0 saturated heterocycles. The summed E-state index contributed by atoms with van der Waals surface area (Å²) in [5, 5.41) is 9.34. The van der Waals surface area contributed by atoms with Gasteiger partial charge >= 0.3 is 0 Å². The Labute approximate surface area is 235 Å². The number of nitrogens with zero attached hydrogens (tertiary/aromatic N) is 4. The van der Waals surface area contributed by atoms with Crippen molar-refractivity contribution in [1.29, 1.82) is 5.26 Å². The highest BCUT2D eigenvalue weighted by Gasteiger charge is 2.13. The van der Waals surface area contributed by atoms with Crippen molar-refractivity contribution in [3.8, 4) is 62.5 Å². The molecule has 0 fully saturated rings. The fourth-order valence-electron chi connectivity index (χ4n) is 4.47. The Balaban J connectivity index is 1.46. The number of nitriles is 1. The number of aromatic nitrogens is 3. The first kappa shape index (κ1) is 24.4. The maximum absolute atomic E-state index is 9.34. The Kier molecular flexibility index (Phi) is 6.78. The van der Waals surface area contributed by atoms with Crippen LogP contribution in [0.5, 0.6) is 0 Å². The van der Waals surface area contributed by atoms with E-state index < -0.39 is 0 Å². The van der Waals surface area contributed by atoms with Crippen molar-refractivity contribution in [2.75, 3.05) is 0 Å². The zero-order chi connectivity index (χ0) is 26.6. The summed E-state index contributed by atoms with van der Waals surface area (Å²) in [5.41, 5.74) is 7.51. The number of rotatable bonds is 5. The van der Waals surface area contributed by atoms with Crippen LogP contribution < -0.4 is 0 Å². The lowest BCUT2D eigenvalue weighted by Gasteiger charge is -2.11. The number of benzene rings is 5. The van der Waals surface area contributed by atoms with Crippen molar-refractivity contribution in [3.63, 3.8) is 0 Å². The van der Waals surface area contributed by atoms with E-state index in [0.717, 1.165) is 43.4 Å². The van der Waals surface area contributed by atoms with Gasteiger partial charge in [0.05, 0.1) is 11.6 Å². The number of hydrogen-bond acceptors (Lipinski definition) is 4. The minimum Gasteiger partial charge on any atom is -0.208 e. The Hall–Kier alpha value is -4.92. The molecule has 0 aliphatic rings. The molecule has 39 heavy (non-hydrogen) atoms. The molecule has 0 saturated carbocycles. The SMILES string of the molecule is N#Cc1cccc(-c2cc(Br)cc(-c3cccc(-c4nc(-c5ccccc5)nc(-c5ccccc5)n4)c3)c2)c1. The van der Waals surface area contributed by atoms with Crippen molar-refractivity contribution < 1.29 is 0 Å². The Bertz CT molecular complexity index is 1770. The van der Waals surface area contributed by atoms with Crippen LogP contribution in [-0.2, 0) is 0 Å². The highest BCUT2D eigenvalue weighted by molar-refractivity contribution is 9.10. The zero-order valence-electron chi connectivity index (χ0n) is 20.8. The molecule has 0 unspecified atom stereocenters. The predicted octanol–water partition coefficient (Wildman–Crippen LogP) is 8.84. The first-order chi connectivity index (χ1) is 19.2. The number of halogens is 1. The average molecular weight is 565 g/mol. The monoisotopic (exact) mass is 564 g/mol. The summed E-state index contributed by atoms with van der Waals surface area (Å²) in [6.45, 7) is 0. The third-order valence-electron chi connectivity index (χ3n) is 6.38. The molecule has 0 N–H and O–H groups in total. The van der Waals surface area contributed by atoms with Gasteiger partial charge in [-0.2, -0.15) is 5.26 Å². The molecule has 6 aromatic rings. The van der Waals surface area contributed by atoms with Gasteiger partial charge in [-0.1, -0.05) is 107 Å². The predicted molar refractivity (Wildman–Crippen MR) is 159 cm³/mol. The van der Waals surface area contributed by atoms with E-state index in [1.54, 1.807) is 0 Å². The molecule has 4 nitrogen and oxygen atoms in total. The number of hydrogen-bond donors (Lipinski definition) is 0. The topological polar surface area (TPSA) is 62.5 Å². The van der Waals surface area contributed by atoms with E-state index in [-0.39, 0.29) is 0 Å². The minimum atomic E-state index is 0.612. The van der Waals surface area contributed by atoms with E-state index in [2.05, 4.69) is 52.3 Å². The lowest BCUT2D eigenvalue weighted by Crippen LogP contribution is -2.00. The molecule has 0 atom stereocenters. The molecule has 5 heteroatoms. The lowest BCUT2D eigenvalue weighted by atomic mass is 9.97. The van der Waals surface area contributed by atoms with Gasteiger partial charge < -0.3 is 0 Å². The van der Waals surface area contributed by atoms with Gasteiger partial charge in [0.25, 0.3) is 0 Å². The minimum absolute atomic E-state index is 0.612. The highest BCUT2D eigenvalue weighted by atomic mass is 79.9. The fraction of sp³-hybridized carbons (Fsp3) is 0. The van der Waals surface area contributed by atoms with Crippen LogP contribution in [0.1, 0.15) is 5.56 Å². The van der Waals surface area contributed by atoms with E-state index in [1.165, 1.54) is 0 Å². The molecule has 0 amide bonds. The molecule has 0 radical (unpaired) electrons. The molecular formula is C34H21BrN4. The second-order valence-electron chi connectivity index (χ2n) is 9.04. The van der Waals surface area contributed by atoms with Crippen LogP contribution in [0.3, 0.4) is 0 Å². The summed E-state index contributed by atoms with van der Waals surface area (Å²) < 4.78 is 0.959. The van der Waals surface area contributed by atoms with Crippen molar-refractivity contribution >= 4 is 15.9 Å². The summed E-state index contributed by atoms with van der Waals surface area (Å²) in [4.78, 5) is 14.5. The van der Waals surface area contributed by atoms with Crippen LogP contribution in [0.15, 0.2) is 132 Å². The van der Waals surface area contributed by atoms with E-state index >= 15 is 0 Å². The molecule has 184 valence electrons. The maximum atomic E-state index is 9.34. The van der Waals surface area contributed by atoms with Crippen LogP contribution in [0.25, 0.3) is 56.4 Å². The maximum Gasteiger partial charge on any atom is 0.164 e. The molecular weight excluding hydrogens is 544 g/mol. The van der Waals surface area contributed by atoms with Gasteiger partial charge in [-0.15, -0.1) is 0 Å². The molecule has 1 heterocycles. The molecule has 5 aromatic carbocycles. The Morgan fingerprint density at radius 3 is 1.44 bits per heavy atom. The first-order valence-electron chi connectivity index (χ1n) is 12.5. The van der Waals surface area contributed by atoms with Gasteiger partial charge in [0, 0.05) is 21.2 Å². The molecule has 0 aliphatic carbocycles. The van der Waals surface area contributed by atoms with Gasteiger partial charge in [0.2, 0.25) is 0 Å². The van der Waals surface area contributed by atoms with Crippen LogP contribution in [0.2, 0.25) is 0 Å². The second-order valence-corrected chi connectivity index (χ2v) is 9.96. The van der Waals surface area contributed by atoms with Crippen molar-refractivity contribution in [2.24, 2.45) is 0 Å². The average Bonchev–Trinajstić information content (AvgIpc) is 3.01. The van der Waals surface area contributed by atoms with Crippen LogP contribution in [0.4, 0.5) is 0 Å². The zero-order valence-corrected chi connectivity index (χ0v) is 22.4. The summed E-state index contributed by atoms with van der Waals surface area (Å²) >= 11 is 3.68. The van der Waals surface area contributed by atoms with Gasteiger partial charge in [-0.25, -0.2) is 15.0 Å². The van der Waals surface area contributed by atoms with E-state index in [4.69, 9.17) is 15.0 Å². The van der Waals surface area contributed by atoms with Crippen LogP contribution in [-0.4, -0.2) is 15.0 Å². The van der Waals surface area contributed by atoms with Crippen LogP contribution in [0, 0.1) is 11.3 Å². The van der Waals surface area contributed by atoms with Gasteiger partial charge in [-0.3, -0.25) is 0 Å².